The molecule has 0 fully saturated rings. The summed E-state index contributed by atoms with van der Waals surface area (Å²) in [4.78, 5) is 13.1. The van der Waals surface area contributed by atoms with E-state index in [9.17, 15) is 4.79 Å². The van der Waals surface area contributed by atoms with Gasteiger partial charge in [-0.3, -0.25) is 4.79 Å². The second-order valence-electron chi connectivity index (χ2n) is 8.25. The van der Waals surface area contributed by atoms with Crippen LogP contribution in [-0.2, 0) is 11.3 Å². The standard InChI is InChI=1S/C28H30N2O/c1-4-30-19-26(24-12-8-9-13-27(24)30)25(23-16-14-20(2)15-17-23)18-28(31)29-21(3)22-10-6-5-7-11-22/h5-17,19,21,25H,4,18H2,1-3H3,(H,29,31). The summed E-state index contributed by atoms with van der Waals surface area (Å²) in [6.07, 6.45) is 2.64. The first-order valence-electron chi connectivity index (χ1n) is 11.1. The second kappa shape index (κ2) is 9.22. The van der Waals surface area contributed by atoms with Crippen molar-refractivity contribution in [1.29, 1.82) is 0 Å². The molecule has 0 aliphatic rings. The molecule has 0 radical (unpaired) electrons. The van der Waals surface area contributed by atoms with Crippen molar-refractivity contribution in [2.75, 3.05) is 0 Å². The van der Waals surface area contributed by atoms with Crippen LogP contribution in [-0.4, -0.2) is 10.5 Å². The van der Waals surface area contributed by atoms with Crippen LogP contribution >= 0.6 is 0 Å². The maximum absolute atomic E-state index is 13.1. The van der Waals surface area contributed by atoms with E-state index in [0.29, 0.717) is 6.42 Å². The number of aryl methyl sites for hydroxylation is 2. The first-order chi connectivity index (χ1) is 15.1. The quantitative estimate of drug-likeness (QED) is 0.377. The molecule has 0 spiro atoms. The van der Waals surface area contributed by atoms with Gasteiger partial charge in [-0.15, -0.1) is 0 Å². The Labute approximate surface area is 184 Å². The van der Waals surface area contributed by atoms with Crippen LogP contribution in [0.25, 0.3) is 10.9 Å². The van der Waals surface area contributed by atoms with Crippen LogP contribution in [0.5, 0.6) is 0 Å². The van der Waals surface area contributed by atoms with Crippen molar-refractivity contribution in [3.05, 3.63) is 107 Å². The Kier molecular flexibility index (Phi) is 6.22. The van der Waals surface area contributed by atoms with Gasteiger partial charge in [0.15, 0.2) is 0 Å². The summed E-state index contributed by atoms with van der Waals surface area (Å²) in [6.45, 7) is 7.19. The lowest BCUT2D eigenvalue weighted by Gasteiger charge is -2.20. The van der Waals surface area contributed by atoms with Crippen molar-refractivity contribution in [2.45, 2.75) is 45.7 Å². The lowest BCUT2D eigenvalue weighted by Crippen LogP contribution is -2.28. The molecule has 158 valence electrons. The topological polar surface area (TPSA) is 34.0 Å². The van der Waals surface area contributed by atoms with Gasteiger partial charge in [-0.1, -0.05) is 78.4 Å². The SMILES string of the molecule is CCn1cc(C(CC(=O)NC(C)c2ccccc2)c2ccc(C)cc2)c2ccccc21. The summed E-state index contributed by atoms with van der Waals surface area (Å²) >= 11 is 0. The second-order valence-corrected chi connectivity index (χ2v) is 8.25. The number of rotatable bonds is 7. The van der Waals surface area contributed by atoms with E-state index in [1.54, 1.807) is 0 Å². The number of carbonyl (C=O) groups is 1. The number of aromatic nitrogens is 1. The van der Waals surface area contributed by atoms with Crippen LogP contribution in [0.3, 0.4) is 0 Å². The summed E-state index contributed by atoms with van der Waals surface area (Å²) in [5, 5.41) is 4.42. The highest BCUT2D eigenvalue weighted by Crippen LogP contribution is 2.35. The van der Waals surface area contributed by atoms with Crippen molar-refractivity contribution in [3.63, 3.8) is 0 Å². The molecule has 1 heterocycles. The largest absolute Gasteiger partial charge is 0.350 e. The van der Waals surface area contributed by atoms with Gasteiger partial charge in [-0.25, -0.2) is 0 Å². The fourth-order valence-electron chi connectivity index (χ4n) is 4.33. The van der Waals surface area contributed by atoms with Crippen molar-refractivity contribution < 1.29 is 4.79 Å². The van der Waals surface area contributed by atoms with Crippen molar-refractivity contribution in [1.82, 2.24) is 9.88 Å². The number of para-hydroxylation sites is 1. The third-order valence-electron chi connectivity index (χ3n) is 6.08. The molecule has 3 aromatic carbocycles. The number of hydrogen-bond acceptors (Lipinski definition) is 1. The van der Waals surface area contributed by atoms with Crippen molar-refractivity contribution in [3.8, 4) is 0 Å². The van der Waals surface area contributed by atoms with E-state index in [2.05, 4.69) is 90.6 Å². The van der Waals surface area contributed by atoms with Gasteiger partial charge in [0.2, 0.25) is 5.91 Å². The van der Waals surface area contributed by atoms with E-state index in [0.717, 1.165) is 12.1 Å². The number of fused-ring (bicyclic) bond motifs is 1. The van der Waals surface area contributed by atoms with Crippen molar-refractivity contribution in [2.24, 2.45) is 0 Å². The number of nitrogens with one attached hydrogen (secondary N) is 1. The van der Waals surface area contributed by atoms with E-state index >= 15 is 0 Å². The molecule has 31 heavy (non-hydrogen) atoms. The molecule has 1 amide bonds. The Morgan fingerprint density at radius 3 is 2.29 bits per heavy atom. The molecule has 4 aromatic rings. The third kappa shape index (κ3) is 4.56. The zero-order valence-corrected chi connectivity index (χ0v) is 18.5. The van der Waals surface area contributed by atoms with Gasteiger partial charge in [0.1, 0.15) is 0 Å². The Bertz CT molecular complexity index is 1160. The molecule has 0 saturated heterocycles. The van der Waals surface area contributed by atoms with E-state index < -0.39 is 0 Å². The third-order valence-corrected chi connectivity index (χ3v) is 6.08. The Morgan fingerprint density at radius 1 is 0.903 bits per heavy atom. The van der Waals surface area contributed by atoms with Gasteiger partial charge >= 0.3 is 0 Å². The molecule has 3 nitrogen and oxygen atoms in total. The predicted molar refractivity (Wildman–Crippen MR) is 128 cm³/mol. The minimum absolute atomic E-state index is 0.00118. The molecule has 1 aromatic heterocycles. The van der Waals surface area contributed by atoms with Crippen LogP contribution in [0.2, 0.25) is 0 Å². The van der Waals surface area contributed by atoms with Gasteiger partial charge in [-0.2, -0.15) is 0 Å². The lowest BCUT2D eigenvalue weighted by atomic mass is 9.87. The van der Waals surface area contributed by atoms with Crippen LogP contribution in [0, 0.1) is 6.92 Å². The molecule has 0 aliphatic heterocycles. The van der Waals surface area contributed by atoms with Crippen molar-refractivity contribution >= 4 is 16.8 Å². The normalized spacial score (nSPS) is 13.1. The molecule has 3 heteroatoms. The van der Waals surface area contributed by atoms with Gasteiger partial charge < -0.3 is 9.88 Å². The molecule has 2 unspecified atom stereocenters. The molecular weight excluding hydrogens is 380 g/mol. The van der Waals surface area contributed by atoms with Gasteiger partial charge in [0, 0.05) is 36.0 Å². The maximum atomic E-state index is 13.1. The smallest absolute Gasteiger partial charge is 0.221 e. The monoisotopic (exact) mass is 410 g/mol. The minimum Gasteiger partial charge on any atom is -0.350 e. The Balaban J connectivity index is 1.68. The zero-order chi connectivity index (χ0) is 21.8. The molecule has 0 aliphatic carbocycles. The molecule has 2 atom stereocenters. The van der Waals surface area contributed by atoms with E-state index in [4.69, 9.17) is 0 Å². The molecule has 4 rings (SSSR count). The summed E-state index contributed by atoms with van der Waals surface area (Å²) in [5.41, 5.74) is 5.94. The van der Waals surface area contributed by atoms with Crippen LogP contribution in [0.1, 0.15) is 54.5 Å². The fourth-order valence-corrected chi connectivity index (χ4v) is 4.33. The molecule has 0 saturated carbocycles. The highest BCUT2D eigenvalue weighted by Gasteiger charge is 2.23. The van der Waals surface area contributed by atoms with Gasteiger partial charge in [0.05, 0.1) is 6.04 Å². The Morgan fingerprint density at radius 2 is 1.58 bits per heavy atom. The van der Waals surface area contributed by atoms with E-state index in [1.807, 2.05) is 25.1 Å². The predicted octanol–water partition coefficient (Wildman–Crippen LogP) is 6.37. The average Bonchev–Trinajstić information content (AvgIpc) is 3.17. The Hall–Kier alpha value is -3.33. The maximum Gasteiger partial charge on any atom is 0.221 e. The highest BCUT2D eigenvalue weighted by atomic mass is 16.1. The molecular formula is C28H30N2O. The first kappa shape index (κ1) is 20.9. The van der Waals surface area contributed by atoms with Crippen LogP contribution in [0.4, 0.5) is 0 Å². The summed E-state index contributed by atoms with van der Waals surface area (Å²) in [7, 11) is 0. The number of carbonyl (C=O) groups excluding carboxylic acids is 1. The number of hydrogen-bond donors (Lipinski definition) is 1. The first-order valence-corrected chi connectivity index (χ1v) is 11.1. The van der Waals surface area contributed by atoms with E-state index in [-0.39, 0.29) is 17.9 Å². The highest BCUT2D eigenvalue weighted by molar-refractivity contribution is 5.86. The minimum atomic E-state index is -0.0237. The number of amides is 1. The fraction of sp³-hybridized carbons (Fsp3) is 0.250. The van der Waals surface area contributed by atoms with E-state index in [1.165, 1.54) is 27.6 Å². The summed E-state index contributed by atoms with van der Waals surface area (Å²) < 4.78 is 2.27. The van der Waals surface area contributed by atoms with Crippen LogP contribution in [0.15, 0.2) is 85.1 Å². The number of nitrogens with zero attached hydrogens (tertiary/aromatic N) is 1. The molecule has 0 bridgehead atoms. The summed E-state index contributed by atoms with van der Waals surface area (Å²) in [6, 6.07) is 27.2. The van der Waals surface area contributed by atoms with Crippen LogP contribution < -0.4 is 5.32 Å². The van der Waals surface area contributed by atoms with Gasteiger partial charge in [0.25, 0.3) is 0 Å². The van der Waals surface area contributed by atoms with Gasteiger partial charge in [-0.05, 0) is 43.5 Å². The zero-order valence-electron chi connectivity index (χ0n) is 18.5. The summed E-state index contributed by atoms with van der Waals surface area (Å²) in [5.74, 6) is 0.0662. The lowest BCUT2D eigenvalue weighted by molar-refractivity contribution is -0.121. The molecule has 1 N–H and O–H groups in total. The number of benzene rings is 3. The average molecular weight is 411 g/mol.